The molecule has 130 valence electrons. The number of aryl methyl sites for hydroxylation is 2. The number of aromatic nitrogens is 1. The Morgan fingerprint density at radius 2 is 1.96 bits per heavy atom. The highest BCUT2D eigenvalue weighted by Crippen LogP contribution is 2.28. The summed E-state index contributed by atoms with van der Waals surface area (Å²) in [5.74, 6) is -0.592. The quantitative estimate of drug-likeness (QED) is 0.753. The third-order valence-corrected chi connectivity index (χ3v) is 5.12. The molecule has 3 rings (SSSR count). The molecule has 0 fully saturated rings. The van der Waals surface area contributed by atoms with Gasteiger partial charge in [-0.1, -0.05) is 19.1 Å². The van der Waals surface area contributed by atoms with Gasteiger partial charge in [-0.2, -0.15) is 0 Å². The number of fused-ring (bicyclic) bond motifs is 1. The highest BCUT2D eigenvalue weighted by Gasteiger charge is 2.19. The molecule has 25 heavy (non-hydrogen) atoms. The number of benzene rings is 1. The van der Waals surface area contributed by atoms with Crippen LogP contribution in [-0.2, 0) is 13.1 Å². The summed E-state index contributed by atoms with van der Waals surface area (Å²) in [6, 6.07) is 7.86. The predicted molar refractivity (Wildman–Crippen MR) is 98.7 cm³/mol. The average molecular weight is 358 g/mol. The van der Waals surface area contributed by atoms with Crippen molar-refractivity contribution < 1.29 is 9.18 Å². The minimum atomic E-state index is -0.314. The lowest BCUT2D eigenvalue weighted by molar-refractivity contribution is 0.0952. The molecular formula is C19H19FN2O2S. The van der Waals surface area contributed by atoms with Gasteiger partial charge in [0.25, 0.3) is 11.5 Å². The molecule has 0 bridgehead atoms. The minimum absolute atomic E-state index is 0.129. The lowest BCUT2D eigenvalue weighted by atomic mass is 10.1. The average Bonchev–Trinajstić information content (AvgIpc) is 2.94. The maximum absolute atomic E-state index is 13.0. The van der Waals surface area contributed by atoms with Gasteiger partial charge < -0.3 is 9.88 Å². The first-order valence-electron chi connectivity index (χ1n) is 8.16. The van der Waals surface area contributed by atoms with Crippen LogP contribution >= 0.6 is 11.3 Å². The second-order valence-corrected chi connectivity index (χ2v) is 7.15. The Balaban J connectivity index is 1.92. The van der Waals surface area contributed by atoms with Gasteiger partial charge >= 0.3 is 0 Å². The number of hydrogen-bond donors (Lipinski definition) is 1. The SMILES string of the molecule is CCCn1ccc2sc(C)c(C(=O)NCc3ccc(F)cc3)c2c1=O. The van der Waals surface area contributed by atoms with Crippen molar-refractivity contribution in [2.45, 2.75) is 33.4 Å². The van der Waals surface area contributed by atoms with Crippen LogP contribution in [0.4, 0.5) is 4.39 Å². The summed E-state index contributed by atoms with van der Waals surface area (Å²) in [6.07, 6.45) is 2.63. The highest BCUT2D eigenvalue weighted by molar-refractivity contribution is 7.19. The number of thiophene rings is 1. The number of hydrogen-bond acceptors (Lipinski definition) is 3. The van der Waals surface area contributed by atoms with Crippen molar-refractivity contribution in [1.82, 2.24) is 9.88 Å². The number of pyridine rings is 1. The third kappa shape index (κ3) is 3.49. The second kappa shape index (κ2) is 7.19. The van der Waals surface area contributed by atoms with Crippen LogP contribution in [0, 0.1) is 12.7 Å². The van der Waals surface area contributed by atoms with Crippen molar-refractivity contribution in [2.75, 3.05) is 0 Å². The summed E-state index contributed by atoms with van der Waals surface area (Å²) >= 11 is 1.45. The van der Waals surface area contributed by atoms with Crippen molar-refractivity contribution in [3.8, 4) is 0 Å². The molecule has 4 nitrogen and oxygen atoms in total. The van der Waals surface area contributed by atoms with Crippen LogP contribution in [0.2, 0.25) is 0 Å². The van der Waals surface area contributed by atoms with E-state index >= 15 is 0 Å². The molecule has 0 aliphatic rings. The van der Waals surface area contributed by atoms with E-state index in [1.54, 1.807) is 22.9 Å². The fourth-order valence-electron chi connectivity index (χ4n) is 2.83. The van der Waals surface area contributed by atoms with Crippen LogP contribution in [0.25, 0.3) is 10.1 Å². The van der Waals surface area contributed by atoms with E-state index in [0.717, 1.165) is 21.6 Å². The number of rotatable bonds is 5. The minimum Gasteiger partial charge on any atom is -0.348 e. The van der Waals surface area contributed by atoms with Crippen molar-refractivity contribution in [3.05, 3.63) is 68.7 Å². The van der Waals surface area contributed by atoms with Crippen LogP contribution in [0.15, 0.2) is 41.3 Å². The summed E-state index contributed by atoms with van der Waals surface area (Å²) in [5, 5.41) is 3.31. The summed E-state index contributed by atoms with van der Waals surface area (Å²) < 4.78 is 15.4. The van der Waals surface area contributed by atoms with E-state index in [9.17, 15) is 14.0 Å². The fourth-order valence-corrected chi connectivity index (χ4v) is 3.88. The molecule has 1 aromatic carbocycles. The first-order valence-corrected chi connectivity index (χ1v) is 8.98. The van der Waals surface area contributed by atoms with Crippen LogP contribution in [-0.4, -0.2) is 10.5 Å². The maximum atomic E-state index is 13.0. The van der Waals surface area contributed by atoms with Gasteiger partial charge in [0.2, 0.25) is 0 Å². The first kappa shape index (κ1) is 17.4. The summed E-state index contributed by atoms with van der Waals surface area (Å²) in [7, 11) is 0. The van der Waals surface area contributed by atoms with Gasteiger partial charge in [-0.3, -0.25) is 9.59 Å². The van der Waals surface area contributed by atoms with Crippen molar-refractivity contribution in [1.29, 1.82) is 0 Å². The molecule has 0 radical (unpaired) electrons. The molecule has 0 unspecified atom stereocenters. The number of carbonyl (C=O) groups excluding carboxylic acids is 1. The number of carbonyl (C=O) groups is 1. The van der Waals surface area contributed by atoms with Gasteiger partial charge in [0, 0.05) is 28.9 Å². The Hall–Kier alpha value is -2.47. The van der Waals surface area contributed by atoms with E-state index in [2.05, 4.69) is 5.32 Å². The molecule has 0 aliphatic carbocycles. The Morgan fingerprint density at radius 1 is 1.24 bits per heavy atom. The molecule has 0 spiro atoms. The number of halogens is 1. The Morgan fingerprint density at radius 3 is 2.64 bits per heavy atom. The molecule has 1 amide bonds. The molecule has 0 saturated heterocycles. The van der Waals surface area contributed by atoms with Gasteiger partial charge in [-0.25, -0.2) is 4.39 Å². The Kier molecular flexibility index (Phi) is 4.99. The summed E-state index contributed by atoms with van der Waals surface area (Å²) in [4.78, 5) is 26.2. The second-order valence-electron chi connectivity index (χ2n) is 5.90. The smallest absolute Gasteiger partial charge is 0.260 e. The van der Waals surface area contributed by atoms with Gasteiger partial charge in [0.15, 0.2) is 0 Å². The van der Waals surface area contributed by atoms with Crippen molar-refractivity contribution in [2.24, 2.45) is 0 Å². The van der Waals surface area contributed by atoms with E-state index in [1.165, 1.54) is 23.5 Å². The van der Waals surface area contributed by atoms with E-state index in [1.807, 2.05) is 19.9 Å². The fraction of sp³-hybridized carbons (Fsp3) is 0.263. The van der Waals surface area contributed by atoms with Crippen molar-refractivity contribution >= 4 is 27.3 Å². The van der Waals surface area contributed by atoms with Crippen LogP contribution < -0.4 is 10.9 Å². The van der Waals surface area contributed by atoms with Gasteiger partial charge in [-0.05, 0) is 37.1 Å². The zero-order chi connectivity index (χ0) is 18.0. The molecule has 0 aliphatic heterocycles. The van der Waals surface area contributed by atoms with Crippen LogP contribution in [0.3, 0.4) is 0 Å². The largest absolute Gasteiger partial charge is 0.348 e. The summed E-state index contributed by atoms with van der Waals surface area (Å²) in [5.41, 5.74) is 1.11. The van der Waals surface area contributed by atoms with E-state index < -0.39 is 0 Å². The van der Waals surface area contributed by atoms with Crippen molar-refractivity contribution in [3.63, 3.8) is 0 Å². The molecular weight excluding hydrogens is 339 g/mol. The first-order chi connectivity index (χ1) is 12.0. The normalized spacial score (nSPS) is 11.0. The number of nitrogens with zero attached hydrogens (tertiary/aromatic N) is 1. The zero-order valence-corrected chi connectivity index (χ0v) is 15.0. The van der Waals surface area contributed by atoms with Crippen LogP contribution in [0.5, 0.6) is 0 Å². The topological polar surface area (TPSA) is 51.1 Å². The van der Waals surface area contributed by atoms with Gasteiger partial charge in [0.05, 0.1) is 10.9 Å². The standard InChI is InChI=1S/C19H19FN2O2S/c1-3-9-22-10-8-15-17(19(22)24)16(12(2)25-15)18(23)21-11-13-4-6-14(20)7-5-13/h4-8,10H,3,9,11H2,1-2H3,(H,21,23). The molecule has 1 N–H and O–H groups in total. The van der Waals surface area contributed by atoms with Gasteiger partial charge in [-0.15, -0.1) is 11.3 Å². The molecule has 0 saturated carbocycles. The highest BCUT2D eigenvalue weighted by atomic mass is 32.1. The van der Waals surface area contributed by atoms with E-state index in [0.29, 0.717) is 17.5 Å². The monoisotopic (exact) mass is 358 g/mol. The lowest BCUT2D eigenvalue weighted by Crippen LogP contribution is -2.26. The predicted octanol–water partition coefficient (Wildman–Crippen LogP) is 3.85. The molecule has 0 atom stereocenters. The van der Waals surface area contributed by atoms with E-state index in [4.69, 9.17) is 0 Å². The molecule has 3 aromatic rings. The van der Waals surface area contributed by atoms with Gasteiger partial charge in [0.1, 0.15) is 5.82 Å². The zero-order valence-electron chi connectivity index (χ0n) is 14.1. The number of nitrogens with one attached hydrogen (secondary N) is 1. The third-order valence-electron chi connectivity index (χ3n) is 4.05. The Bertz CT molecular complexity index is 973. The number of amides is 1. The molecule has 6 heteroatoms. The Labute approximate surface area is 148 Å². The van der Waals surface area contributed by atoms with E-state index in [-0.39, 0.29) is 23.8 Å². The maximum Gasteiger partial charge on any atom is 0.260 e. The molecule has 2 heterocycles. The van der Waals surface area contributed by atoms with Crippen LogP contribution in [0.1, 0.15) is 34.1 Å². The summed E-state index contributed by atoms with van der Waals surface area (Å²) in [6.45, 7) is 4.76. The lowest BCUT2D eigenvalue weighted by Gasteiger charge is -2.07. The molecule has 2 aromatic heterocycles.